The summed E-state index contributed by atoms with van der Waals surface area (Å²) in [6.07, 6.45) is 8.63. The summed E-state index contributed by atoms with van der Waals surface area (Å²) in [5, 5.41) is 6.07. The fourth-order valence-electron chi connectivity index (χ4n) is 3.61. The minimum atomic E-state index is -0.447. The highest BCUT2D eigenvalue weighted by Crippen LogP contribution is 2.30. The van der Waals surface area contributed by atoms with Crippen molar-refractivity contribution in [3.63, 3.8) is 0 Å². The highest BCUT2D eigenvalue weighted by Gasteiger charge is 2.25. The number of amides is 1. The first-order valence-electron chi connectivity index (χ1n) is 9.87. The molecule has 1 aromatic rings. The van der Waals surface area contributed by atoms with Crippen molar-refractivity contribution in [3.05, 3.63) is 47.7 Å². The molecule has 1 unspecified atom stereocenters. The minimum absolute atomic E-state index is 0.186. The molecule has 6 heteroatoms. The van der Waals surface area contributed by atoms with Crippen LogP contribution in [-0.4, -0.2) is 18.1 Å². The number of benzene rings is 1. The number of aliphatic imine (C=N–C) groups is 1. The molecule has 1 atom stereocenters. The third-order valence-electron chi connectivity index (χ3n) is 5.45. The molecule has 0 saturated heterocycles. The molecular weight excluding hydrogens is 340 g/mol. The molecule has 146 valence electrons. The maximum Gasteiger partial charge on any atom is 0.227 e. The van der Waals surface area contributed by atoms with E-state index in [9.17, 15) is 4.79 Å². The Labute approximate surface area is 161 Å². The number of carbonyl (C=O) groups excluding carboxylic acids is 1. The first-order chi connectivity index (χ1) is 13.1. The lowest BCUT2D eigenvalue weighted by molar-refractivity contribution is -0.126. The molecule has 1 fully saturated rings. The number of amidine groups is 1. The smallest absolute Gasteiger partial charge is 0.227 e. The number of hydrogen-bond donors (Lipinski definition) is 3. The van der Waals surface area contributed by atoms with Crippen molar-refractivity contribution in [2.45, 2.75) is 58.5 Å². The van der Waals surface area contributed by atoms with E-state index < -0.39 is 6.35 Å². The molecule has 0 aromatic heterocycles. The van der Waals surface area contributed by atoms with Gasteiger partial charge in [0.2, 0.25) is 12.3 Å². The van der Waals surface area contributed by atoms with Crippen LogP contribution in [0.2, 0.25) is 0 Å². The summed E-state index contributed by atoms with van der Waals surface area (Å²) in [5.41, 5.74) is 7.79. The molecule has 0 radical (unpaired) electrons. The first-order valence-corrected chi connectivity index (χ1v) is 9.87. The number of carbonyl (C=O) groups is 1. The van der Waals surface area contributed by atoms with Crippen LogP contribution in [0.1, 0.15) is 50.2 Å². The second-order valence-electron chi connectivity index (χ2n) is 7.38. The van der Waals surface area contributed by atoms with E-state index in [1.54, 1.807) is 12.3 Å². The molecule has 0 spiro atoms. The highest BCUT2D eigenvalue weighted by atomic mass is 16.5. The number of nitrogens with two attached hydrogens (primary N) is 1. The molecule has 2 aliphatic rings. The summed E-state index contributed by atoms with van der Waals surface area (Å²) in [6.45, 7) is 3.25. The van der Waals surface area contributed by atoms with Crippen LogP contribution < -0.4 is 16.4 Å². The predicted octanol–water partition coefficient (Wildman–Crippen LogP) is 2.79. The zero-order chi connectivity index (χ0) is 19.1. The summed E-state index contributed by atoms with van der Waals surface area (Å²) in [7, 11) is 0. The van der Waals surface area contributed by atoms with Gasteiger partial charge in [0.05, 0.1) is 6.61 Å². The number of nitrogens with one attached hydrogen (secondary N) is 2. The molecule has 6 nitrogen and oxygen atoms in total. The van der Waals surface area contributed by atoms with Gasteiger partial charge in [0, 0.05) is 18.7 Å². The minimum Gasteiger partial charge on any atom is -0.384 e. The Kier molecular flexibility index (Phi) is 6.87. The molecule has 3 rings (SSSR count). The van der Waals surface area contributed by atoms with Crippen molar-refractivity contribution in [3.8, 4) is 0 Å². The Bertz CT molecular complexity index is 676. The zero-order valence-electron chi connectivity index (χ0n) is 16.0. The Morgan fingerprint density at radius 1 is 1.22 bits per heavy atom. The molecular formula is C21H30N4O2. The first kappa shape index (κ1) is 19.4. The van der Waals surface area contributed by atoms with E-state index in [1.807, 2.05) is 24.3 Å². The van der Waals surface area contributed by atoms with Gasteiger partial charge in [0.25, 0.3) is 0 Å². The number of hydrogen-bond acceptors (Lipinski definition) is 5. The van der Waals surface area contributed by atoms with E-state index in [0.29, 0.717) is 19.0 Å². The zero-order valence-corrected chi connectivity index (χ0v) is 16.0. The molecule has 0 bridgehead atoms. The second-order valence-corrected chi connectivity index (χ2v) is 7.38. The number of rotatable bonds is 7. The summed E-state index contributed by atoms with van der Waals surface area (Å²) in [5.74, 6) is 1.65. The summed E-state index contributed by atoms with van der Waals surface area (Å²) in [4.78, 5) is 16.5. The van der Waals surface area contributed by atoms with Gasteiger partial charge >= 0.3 is 0 Å². The molecule has 27 heavy (non-hydrogen) atoms. The van der Waals surface area contributed by atoms with E-state index in [2.05, 4.69) is 22.5 Å². The summed E-state index contributed by atoms with van der Waals surface area (Å²) < 4.78 is 5.68. The topological polar surface area (TPSA) is 88.7 Å². The van der Waals surface area contributed by atoms with E-state index in [1.165, 1.54) is 19.3 Å². The van der Waals surface area contributed by atoms with Gasteiger partial charge in [0.15, 0.2) is 0 Å². The Morgan fingerprint density at radius 2 is 1.93 bits per heavy atom. The van der Waals surface area contributed by atoms with Gasteiger partial charge in [-0.05, 0) is 48.8 Å². The van der Waals surface area contributed by atoms with Gasteiger partial charge < -0.3 is 21.1 Å². The van der Waals surface area contributed by atoms with Gasteiger partial charge in [-0.1, -0.05) is 37.6 Å². The van der Waals surface area contributed by atoms with Crippen molar-refractivity contribution in [2.24, 2.45) is 22.6 Å². The van der Waals surface area contributed by atoms with Gasteiger partial charge in [-0.2, -0.15) is 0 Å². The van der Waals surface area contributed by atoms with Crippen molar-refractivity contribution in [1.82, 2.24) is 10.6 Å². The second kappa shape index (κ2) is 9.55. The van der Waals surface area contributed by atoms with Gasteiger partial charge in [0.1, 0.15) is 5.84 Å². The van der Waals surface area contributed by atoms with Gasteiger partial charge in [-0.15, -0.1) is 0 Å². The molecule has 1 aliphatic heterocycles. The average molecular weight is 370 g/mol. The van der Waals surface area contributed by atoms with Crippen molar-refractivity contribution in [1.29, 1.82) is 0 Å². The van der Waals surface area contributed by atoms with Crippen LogP contribution in [0.4, 0.5) is 0 Å². The molecule has 1 saturated carbocycles. The summed E-state index contributed by atoms with van der Waals surface area (Å²) >= 11 is 0. The molecule has 1 amide bonds. The van der Waals surface area contributed by atoms with Crippen LogP contribution in [0.3, 0.4) is 0 Å². The molecule has 4 N–H and O–H groups in total. The van der Waals surface area contributed by atoms with Crippen LogP contribution in [-0.2, 0) is 22.7 Å². The van der Waals surface area contributed by atoms with E-state index >= 15 is 0 Å². The Hall–Kier alpha value is -2.34. The fraction of sp³-hybridized carbons (Fsp3) is 0.524. The van der Waals surface area contributed by atoms with E-state index in [-0.39, 0.29) is 11.8 Å². The van der Waals surface area contributed by atoms with Crippen LogP contribution in [0.5, 0.6) is 0 Å². The standard InChI is InChI=1S/C21H30N4O2/c1-2-15-7-9-18(10-8-15)20(26)24-13-16-3-5-17(6-4-16)14-27-21-23-12-11-19(22)25-21/h3-6,11-12,15,18,21,23H,2,7-10,13-14H2,1H3,(H2,22,25)(H,24,26). The van der Waals surface area contributed by atoms with Crippen LogP contribution >= 0.6 is 0 Å². The normalized spacial score (nSPS) is 24.8. The Balaban J connectivity index is 1.40. The Morgan fingerprint density at radius 3 is 2.59 bits per heavy atom. The third kappa shape index (κ3) is 5.82. The lowest BCUT2D eigenvalue weighted by Crippen LogP contribution is -2.32. The highest BCUT2D eigenvalue weighted by molar-refractivity contribution is 5.91. The fourth-order valence-corrected chi connectivity index (χ4v) is 3.61. The average Bonchev–Trinajstić information content (AvgIpc) is 2.71. The quantitative estimate of drug-likeness (QED) is 0.689. The largest absolute Gasteiger partial charge is 0.384 e. The van der Waals surface area contributed by atoms with Crippen LogP contribution in [0, 0.1) is 11.8 Å². The predicted molar refractivity (Wildman–Crippen MR) is 107 cm³/mol. The van der Waals surface area contributed by atoms with Crippen LogP contribution in [0.15, 0.2) is 41.5 Å². The molecule has 1 heterocycles. The van der Waals surface area contributed by atoms with Crippen LogP contribution in [0.25, 0.3) is 0 Å². The monoisotopic (exact) mass is 370 g/mol. The van der Waals surface area contributed by atoms with E-state index in [4.69, 9.17) is 10.5 Å². The third-order valence-corrected chi connectivity index (χ3v) is 5.45. The van der Waals surface area contributed by atoms with Crippen molar-refractivity contribution < 1.29 is 9.53 Å². The van der Waals surface area contributed by atoms with Crippen molar-refractivity contribution >= 4 is 11.7 Å². The lowest BCUT2D eigenvalue weighted by atomic mass is 9.80. The van der Waals surface area contributed by atoms with Crippen molar-refractivity contribution in [2.75, 3.05) is 0 Å². The lowest BCUT2D eigenvalue weighted by Gasteiger charge is -2.26. The molecule has 1 aliphatic carbocycles. The number of nitrogens with zero attached hydrogens (tertiary/aromatic N) is 1. The number of ether oxygens (including phenoxy) is 1. The SMILES string of the molecule is CCC1CCC(C(=O)NCc2ccc(COC3N=C(N)C=CN3)cc2)CC1. The van der Waals surface area contributed by atoms with Gasteiger partial charge in [-0.25, -0.2) is 4.99 Å². The molecule has 1 aromatic carbocycles. The summed E-state index contributed by atoms with van der Waals surface area (Å²) in [6, 6.07) is 8.08. The van der Waals surface area contributed by atoms with E-state index in [0.717, 1.165) is 29.9 Å². The van der Waals surface area contributed by atoms with Gasteiger partial charge in [-0.3, -0.25) is 4.79 Å². The maximum absolute atomic E-state index is 12.4. The maximum atomic E-state index is 12.4.